The number of rotatable bonds is 0. The van der Waals surface area contributed by atoms with Gasteiger partial charge in [-0.3, -0.25) is 4.79 Å². The SMILES string of the molecule is O=C1c2occc2CCC12CCOCC2. The maximum Gasteiger partial charge on any atom is 0.204 e. The van der Waals surface area contributed by atoms with Crippen molar-refractivity contribution in [3.8, 4) is 0 Å². The summed E-state index contributed by atoms with van der Waals surface area (Å²) in [5.74, 6) is 0.806. The molecule has 0 atom stereocenters. The molecule has 1 aromatic rings. The molecule has 1 aliphatic carbocycles. The topological polar surface area (TPSA) is 39.4 Å². The van der Waals surface area contributed by atoms with Gasteiger partial charge >= 0.3 is 0 Å². The molecule has 1 fully saturated rings. The molecule has 0 N–H and O–H groups in total. The molecule has 2 heterocycles. The van der Waals surface area contributed by atoms with Crippen LogP contribution in [0.3, 0.4) is 0 Å². The molecule has 1 aliphatic heterocycles. The number of hydrogen-bond donors (Lipinski definition) is 0. The van der Waals surface area contributed by atoms with Gasteiger partial charge in [0.1, 0.15) is 0 Å². The van der Waals surface area contributed by atoms with Crippen LogP contribution in [-0.4, -0.2) is 19.0 Å². The minimum Gasteiger partial charge on any atom is -0.461 e. The lowest BCUT2D eigenvalue weighted by molar-refractivity contribution is 0.00984. The molecule has 0 unspecified atom stereocenters. The van der Waals surface area contributed by atoms with E-state index in [0.29, 0.717) is 19.0 Å². The Kier molecular flexibility index (Phi) is 1.96. The Morgan fingerprint density at radius 2 is 2.00 bits per heavy atom. The van der Waals surface area contributed by atoms with Crippen LogP contribution in [0, 0.1) is 5.41 Å². The average Bonchev–Trinajstić information content (AvgIpc) is 2.74. The second kappa shape index (κ2) is 3.20. The molecule has 15 heavy (non-hydrogen) atoms. The van der Waals surface area contributed by atoms with E-state index in [1.54, 1.807) is 6.26 Å². The van der Waals surface area contributed by atoms with Gasteiger partial charge in [-0.1, -0.05) is 0 Å². The Morgan fingerprint density at radius 3 is 2.80 bits per heavy atom. The summed E-state index contributed by atoms with van der Waals surface area (Å²) in [7, 11) is 0. The first-order valence-corrected chi connectivity index (χ1v) is 5.51. The molecule has 0 saturated carbocycles. The number of aryl methyl sites for hydroxylation is 1. The molecule has 3 nitrogen and oxygen atoms in total. The Balaban J connectivity index is 1.98. The number of carbonyl (C=O) groups excluding carboxylic acids is 1. The number of furan rings is 1. The zero-order valence-corrected chi connectivity index (χ0v) is 8.62. The van der Waals surface area contributed by atoms with Crippen molar-refractivity contribution < 1.29 is 13.9 Å². The van der Waals surface area contributed by atoms with Crippen molar-refractivity contribution in [1.29, 1.82) is 0 Å². The zero-order chi connectivity index (χ0) is 10.3. The minimum atomic E-state index is -0.177. The lowest BCUT2D eigenvalue weighted by atomic mass is 9.68. The molecule has 1 spiro atoms. The average molecular weight is 206 g/mol. The summed E-state index contributed by atoms with van der Waals surface area (Å²) in [4.78, 5) is 12.3. The lowest BCUT2D eigenvalue weighted by Gasteiger charge is -2.37. The Morgan fingerprint density at radius 1 is 1.20 bits per heavy atom. The molecule has 0 bridgehead atoms. The second-order valence-electron chi connectivity index (χ2n) is 4.50. The highest BCUT2D eigenvalue weighted by molar-refractivity contribution is 6.00. The number of fused-ring (bicyclic) bond motifs is 1. The highest BCUT2D eigenvalue weighted by Gasteiger charge is 2.45. The fourth-order valence-corrected chi connectivity index (χ4v) is 2.70. The fraction of sp³-hybridized carbons (Fsp3) is 0.583. The van der Waals surface area contributed by atoms with E-state index >= 15 is 0 Å². The van der Waals surface area contributed by atoms with Crippen LogP contribution in [0.25, 0.3) is 0 Å². The summed E-state index contributed by atoms with van der Waals surface area (Å²) in [6.07, 6.45) is 5.26. The van der Waals surface area contributed by atoms with Gasteiger partial charge in [-0.25, -0.2) is 0 Å². The number of Topliss-reactive ketones (excluding diaryl/α,β-unsaturated/α-hetero) is 1. The van der Waals surface area contributed by atoms with Gasteiger partial charge in [0, 0.05) is 24.2 Å². The van der Waals surface area contributed by atoms with Crippen molar-refractivity contribution in [2.24, 2.45) is 5.41 Å². The Labute approximate surface area is 88.4 Å². The summed E-state index contributed by atoms with van der Waals surface area (Å²) < 4.78 is 10.6. The molecule has 0 radical (unpaired) electrons. The van der Waals surface area contributed by atoms with E-state index in [0.717, 1.165) is 31.2 Å². The molecule has 0 aromatic carbocycles. The molecule has 0 amide bonds. The Bertz CT molecular complexity index is 385. The number of ketones is 1. The van der Waals surface area contributed by atoms with Crippen molar-refractivity contribution in [2.75, 3.05) is 13.2 Å². The molecule has 1 saturated heterocycles. The number of ether oxygens (including phenoxy) is 1. The first kappa shape index (κ1) is 9.16. The minimum absolute atomic E-state index is 0.177. The Hall–Kier alpha value is -1.09. The quantitative estimate of drug-likeness (QED) is 0.653. The first-order valence-electron chi connectivity index (χ1n) is 5.51. The van der Waals surface area contributed by atoms with E-state index in [4.69, 9.17) is 9.15 Å². The third-order valence-electron chi connectivity index (χ3n) is 3.76. The van der Waals surface area contributed by atoms with Crippen molar-refractivity contribution in [3.05, 3.63) is 23.7 Å². The molecule has 1 aromatic heterocycles. The van der Waals surface area contributed by atoms with Crippen LogP contribution in [0.4, 0.5) is 0 Å². The molecular formula is C12H14O3. The summed E-state index contributed by atoms with van der Waals surface area (Å²) in [5.41, 5.74) is 0.903. The third kappa shape index (κ3) is 1.26. The normalized spacial score (nSPS) is 24.1. The number of hydrogen-bond acceptors (Lipinski definition) is 3. The maximum atomic E-state index is 12.3. The molecule has 80 valence electrons. The maximum absolute atomic E-state index is 12.3. The third-order valence-corrected chi connectivity index (χ3v) is 3.76. The summed E-state index contributed by atoms with van der Waals surface area (Å²) in [6.45, 7) is 1.42. The standard InChI is InChI=1S/C12H14O3/c13-11-10-9(2-6-15-10)1-3-12(11)4-7-14-8-5-12/h2,6H,1,3-5,7-8H2. The van der Waals surface area contributed by atoms with Crippen molar-refractivity contribution in [3.63, 3.8) is 0 Å². The predicted molar refractivity (Wildman–Crippen MR) is 53.8 cm³/mol. The van der Waals surface area contributed by atoms with E-state index in [9.17, 15) is 4.79 Å². The second-order valence-corrected chi connectivity index (χ2v) is 4.50. The zero-order valence-electron chi connectivity index (χ0n) is 8.62. The summed E-state index contributed by atoms with van der Waals surface area (Å²) >= 11 is 0. The van der Waals surface area contributed by atoms with Gasteiger partial charge in [0.05, 0.1) is 6.26 Å². The highest BCUT2D eigenvalue weighted by Crippen LogP contribution is 2.43. The largest absolute Gasteiger partial charge is 0.461 e. The fourth-order valence-electron chi connectivity index (χ4n) is 2.70. The summed E-state index contributed by atoms with van der Waals surface area (Å²) in [5, 5.41) is 0. The monoisotopic (exact) mass is 206 g/mol. The van der Waals surface area contributed by atoms with Gasteiger partial charge in [-0.05, 0) is 31.7 Å². The van der Waals surface area contributed by atoms with Crippen LogP contribution in [0.5, 0.6) is 0 Å². The van der Waals surface area contributed by atoms with Crippen LogP contribution in [0.1, 0.15) is 35.4 Å². The number of carbonyl (C=O) groups is 1. The van der Waals surface area contributed by atoms with Gasteiger partial charge in [0.2, 0.25) is 5.78 Å². The van der Waals surface area contributed by atoms with Gasteiger partial charge in [-0.2, -0.15) is 0 Å². The van der Waals surface area contributed by atoms with E-state index in [-0.39, 0.29) is 11.2 Å². The van der Waals surface area contributed by atoms with Crippen LogP contribution < -0.4 is 0 Å². The molecular weight excluding hydrogens is 192 g/mol. The van der Waals surface area contributed by atoms with Crippen LogP contribution in [0.15, 0.2) is 16.7 Å². The van der Waals surface area contributed by atoms with Crippen LogP contribution in [-0.2, 0) is 11.2 Å². The first-order chi connectivity index (χ1) is 7.32. The van der Waals surface area contributed by atoms with Crippen LogP contribution in [0.2, 0.25) is 0 Å². The van der Waals surface area contributed by atoms with E-state index in [2.05, 4.69) is 0 Å². The lowest BCUT2D eigenvalue weighted by Crippen LogP contribution is -2.40. The molecule has 2 aliphatic rings. The van der Waals surface area contributed by atoms with Crippen molar-refractivity contribution in [2.45, 2.75) is 25.7 Å². The van der Waals surface area contributed by atoms with E-state index < -0.39 is 0 Å². The van der Waals surface area contributed by atoms with Crippen molar-refractivity contribution in [1.82, 2.24) is 0 Å². The van der Waals surface area contributed by atoms with Gasteiger partial charge in [-0.15, -0.1) is 0 Å². The smallest absolute Gasteiger partial charge is 0.204 e. The molecule has 3 heteroatoms. The summed E-state index contributed by atoms with van der Waals surface area (Å²) in [6, 6.07) is 1.92. The van der Waals surface area contributed by atoms with Gasteiger partial charge in [0.15, 0.2) is 5.76 Å². The molecule has 3 rings (SSSR count). The highest BCUT2D eigenvalue weighted by atomic mass is 16.5. The van der Waals surface area contributed by atoms with E-state index in [1.165, 1.54) is 0 Å². The van der Waals surface area contributed by atoms with Crippen LogP contribution >= 0.6 is 0 Å². The van der Waals surface area contributed by atoms with Gasteiger partial charge in [0.25, 0.3) is 0 Å². The van der Waals surface area contributed by atoms with E-state index in [1.807, 2.05) is 6.07 Å². The van der Waals surface area contributed by atoms with Gasteiger partial charge < -0.3 is 9.15 Å². The predicted octanol–water partition coefficient (Wildman–Crippen LogP) is 2.21. The van der Waals surface area contributed by atoms with Crippen molar-refractivity contribution >= 4 is 5.78 Å².